The van der Waals surface area contributed by atoms with Crippen LogP contribution in [0.25, 0.3) is 0 Å². The standard InChI is InChI=1S/C7H11N3O/c8-6-5-9-10-2-4-11-3-1-7(6)10/h5H,1-4,8H2. The van der Waals surface area contributed by atoms with Crippen molar-refractivity contribution >= 4 is 5.69 Å². The van der Waals surface area contributed by atoms with Gasteiger partial charge in [-0.3, -0.25) is 4.68 Å². The summed E-state index contributed by atoms with van der Waals surface area (Å²) < 4.78 is 7.19. The van der Waals surface area contributed by atoms with Crippen molar-refractivity contribution in [3.63, 3.8) is 0 Å². The molecule has 0 atom stereocenters. The van der Waals surface area contributed by atoms with Gasteiger partial charge in [0.1, 0.15) is 0 Å². The van der Waals surface area contributed by atoms with Crippen molar-refractivity contribution in [2.24, 2.45) is 0 Å². The van der Waals surface area contributed by atoms with E-state index in [1.54, 1.807) is 6.20 Å². The largest absolute Gasteiger partial charge is 0.396 e. The van der Waals surface area contributed by atoms with Gasteiger partial charge in [-0.05, 0) is 0 Å². The lowest BCUT2D eigenvalue weighted by Crippen LogP contribution is -2.05. The van der Waals surface area contributed by atoms with Crippen LogP contribution in [-0.4, -0.2) is 23.0 Å². The van der Waals surface area contributed by atoms with Crippen molar-refractivity contribution in [1.29, 1.82) is 0 Å². The number of hydrogen-bond acceptors (Lipinski definition) is 3. The second kappa shape index (κ2) is 2.54. The summed E-state index contributed by atoms with van der Waals surface area (Å²) in [6, 6.07) is 0. The summed E-state index contributed by atoms with van der Waals surface area (Å²) in [7, 11) is 0. The third-order valence-corrected chi connectivity index (χ3v) is 1.91. The van der Waals surface area contributed by atoms with Gasteiger partial charge in [0.05, 0.1) is 37.3 Å². The van der Waals surface area contributed by atoms with Crippen LogP contribution in [0.2, 0.25) is 0 Å². The highest BCUT2D eigenvalue weighted by Gasteiger charge is 2.10. The van der Waals surface area contributed by atoms with Gasteiger partial charge >= 0.3 is 0 Å². The van der Waals surface area contributed by atoms with Gasteiger partial charge in [-0.2, -0.15) is 5.10 Å². The van der Waals surface area contributed by atoms with E-state index in [0.29, 0.717) is 0 Å². The Morgan fingerprint density at radius 3 is 3.36 bits per heavy atom. The Hall–Kier alpha value is -1.03. The van der Waals surface area contributed by atoms with Crippen LogP contribution < -0.4 is 5.73 Å². The van der Waals surface area contributed by atoms with E-state index in [1.165, 1.54) is 0 Å². The Kier molecular flexibility index (Phi) is 1.54. The van der Waals surface area contributed by atoms with Crippen LogP contribution in [0.15, 0.2) is 6.20 Å². The van der Waals surface area contributed by atoms with E-state index in [0.717, 1.165) is 37.6 Å². The zero-order valence-electron chi connectivity index (χ0n) is 6.29. The number of nitrogens with zero attached hydrogens (tertiary/aromatic N) is 2. The lowest BCUT2D eigenvalue weighted by atomic mass is 10.3. The fraction of sp³-hybridized carbons (Fsp3) is 0.571. The maximum absolute atomic E-state index is 5.69. The molecule has 2 heterocycles. The molecule has 1 aliphatic heterocycles. The van der Waals surface area contributed by atoms with Crippen molar-refractivity contribution in [3.8, 4) is 0 Å². The van der Waals surface area contributed by atoms with E-state index >= 15 is 0 Å². The molecule has 1 aliphatic rings. The highest BCUT2D eigenvalue weighted by atomic mass is 16.5. The smallest absolute Gasteiger partial charge is 0.0733 e. The normalized spacial score (nSPS) is 17.5. The Labute approximate surface area is 64.9 Å². The number of aromatic nitrogens is 2. The first-order valence-electron chi connectivity index (χ1n) is 3.76. The van der Waals surface area contributed by atoms with Gasteiger partial charge in [-0.25, -0.2) is 0 Å². The van der Waals surface area contributed by atoms with Crippen LogP contribution in [0.5, 0.6) is 0 Å². The molecule has 2 N–H and O–H groups in total. The Morgan fingerprint density at radius 1 is 1.55 bits per heavy atom. The molecule has 0 saturated carbocycles. The molecule has 0 aromatic carbocycles. The number of ether oxygens (including phenoxy) is 1. The van der Waals surface area contributed by atoms with E-state index < -0.39 is 0 Å². The predicted molar refractivity (Wildman–Crippen MR) is 41.2 cm³/mol. The molecule has 11 heavy (non-hydrogen) atoms. The first-order valence-corrected chi connectivity index (χ1v) is 3.76. The van der Waals surface area contributed by atoms with Crippen LogP contribution in [0.1, 0.15) is 5.69 Å². The number of nitrogens with two attached hydrogens (primary N) is 1. The topological polar surface area (TPSA) is 53.1 Å². The molecule has 0 unspecified atom stereocenters. The molecule has 4 nitrogen and oxygen atoms in total. The first kappa shape index (κ1) is 6.67. The minimum atomic E-state index is 0.744. The van der Waals surface area contributed by atoms with Gasteiger partial charge in [0.2, 0.25) is 0 Å². The second-order valence-corrected chi connectivity index (χ2v) is 2.63. The van der Waals surface area contributed by atoms with Gasteiger partial charge in [-0.15, -0.1) is 0 Å². The Bertz CT molecular complexity index is 256. The molecule has 4 heteroatoms. The molecule has 0 saturated heterocycles. The van der Waals surface area contributed by atoms with E-state index in [2.05, 4.69) is 5.10 Å². The van der Waals surface area contributed by atoms with Gasteiger partial charge in [0.15, 0.2) is 0 Å². The van der Waals surface area contributed by atoms with Crippen LogP contribution in [0, 0.1) is 0 Å². The molecular weight excluding hydrogens is 142 g/mol. The SMILES string of the molecule is Nc1cnn2c1CCOCC2. The highest BCUT2D eigenvalue weighted by Crippen LogP contribution is 2.13. The van der Waals surface area contributed by atoms with Gasteiger partial charge in [-0.1, -0.05) is 0 Å². The minimum Gasteiger partial charge on any atom is -0.396 e. The quantitative estimate of drug-likeness (QED) is 0.572. The maximum atomic E-state index is 5.69. The van der Waals surface area contributed by atoms with Crippen LogP contribution in [0.3, 0.4) is 0 Å². The molecule has 2 rings (SSSR count). The van der Waals surface area contributed by atoms with Crippen LogP contribution >= 0.6 is 0 Å². The number of nitrogen functional groups attached to an aromatic ring is 1. The van der Waals surface area contributed by atoms with Crippen molar-refractivity contribution < 1.29 is 4.74 Å². The molecule has 0 bridgehead atoms. The molecular formula is C7H11N3O. The molecule has 0 fully saturated rings. The summed E-state index contributed by atoms with van der Waals surface area (Å²) in [4.78, 5) is 0. The molecule has 1 aromatic rings. The van der Waals surface area contributed by atoms with Crippen molar-refractivity contribution in [2.45, 2.75) is 13.0 Å². The molecule has 0 amide bonds. The van der Waals surface area contributed by atoms with E-state index in [1.807, 2.05) is 4.68 Å². The van der Waals surface area contributed by atoms with Crippen molar-refractivity contribution in [2.75, 3.05) is 18.9 Å². The molecule has 0 spiro atoms. The van der Waals surface area contributed by atoms with E-state index in [-0.39, 0.29) is 0 Å². The van der Waals surface area contributed by atoms with E-state index in [4.69, 9.17) is 10.5 Å². The zero-order chi connectivity index (χ0) is 7.68. The molecule has 0 aliphatic carbocycles. The summed E-state index contributed by atoms with van der Waals surface area (Å²) in [5.74, 6) is 0. The summed E-state index contributed by atoms with van der Waals surface area (Å²) in [6.45, 7) is 2.33. The summed E-state index contributed by atoms with van der Waals surface area (Å²) in [5.41, 5.74) is 7.59. The molecule has 60 valence electrons. The third-order valence-electron chi connectivity index (χ3n) is 1.91. The van der Waals surface area contributed by atoms with Crippen molar-refractivity contribution in [1.82, 2.24) is 9.78 Å². The number of rotatable bonds is 0. The second-order valence-electron chi connectivity index (χ2n) is 2.63. The van der Waals surface area contributed by atoms with Gasteiger partial charge in [0.25, 0.3) is 0 Å². The number of hydrogen-bond donors (Lipinski definition) is 1. The van der Waals surface area contributed by atoms with E-state index in [9.17, 15) is 0 Å². The lowest BCUT2D eigenvalue weighted by Gasteiger charge is -1.99. The third kappa shape index (κ3) is 1.09. The van der Waals surface area contributed by atoms with Gasteiger partial charge in [0, 0.05) is 6.42 Å². The average molecular weight is 153 g/mol. The van der Waals surface area contributed by atoms with Crippen LogP contribution in [0.4, 0.5) is 5.69 Å². The highest BCUT2D eigenvalue weighted by molar-refractivity contribution is 5.41. The summed E-state index contributed by atoms with van der Waals surface area (Å²) in [5, 5.41) is 4.13. The first-order chi connectivity index (χ1) is 5.38. The maximum Gasteiger partial charge on any atom is 0.0733 e. The average Bonchev–Trinajstić information content (AvgIpc) is 2.25. The zero-order valence-corrected chi connectivity index (χ0v) is 6.29. The fourth-order valence-corrected chi connectivity index (χ4v) is 1.31. The monoisotopic (exact) mass is 153 g/mol. The van der Waals surface area contributed by atoms with Gasteiger partial charge < -0.3 is 10.5 Å². The van der Waals surface area contributed by atoms with Crippen LogP contribution in [-0.2, 0) is 17.7 Å². The number of fused-ring (bicyclic) bond motifs is 1. The summed E-state index contributed by atoms with van der Waals surface area (Å²) in [6.07, 6.45) is 2.59. The lowest BCUT2D eigenvalue weighted by molar-refractivity contribution is 0.139. The summed E-state index contributed by atoms with van der Waals surface area (Å²) >= 11 is 0. The fourth-order valence-electron chi connectivity index (χ4n) is 1.31. The minimum absolute atomic E-state index is 0.744. The molecule has 1 aromatic heterocycles. The Balaban J connectivity index is 2.35. The molecule has 0 radical (unpaired) electrons. The predicted octanol–water partition coefficient (Wildman–Crippen LogP) is 0.0380. The number of anilines is 1. The van der Waals surface area contributed by atoms with Crippen molar-refractivity contribution in [3.05, 3.63) is 11.9 Å². The Morgan fingerprint density at radius 2 is 2.45 bits per heavy atom.